The Bertz CT molecular complexity index is 941. The summed E-state index contributed by atoms with van der Waals surface area (Å²) in [5, 5.41) is 10.2. The summed E-state index contributed by atoms with van der Waals surface area (Å²) in [6, 6.07) is 1.47. The predicted molar refractivity (Wildman–Crippen MR) is 90.3 cm³/mol. The molecule has 142 valence electrons. The minimum absolute atomic E-state index is 0.0242. The second-order valence-corrected chi connectivity index (χ2v) is 6.70. The number of aromatic amines is 1. The Labute approximate surface area is 152 Å². The van der Waals surface area contributed by atoms with Crippen molar-refractivity contribution in [3.05, 3.63) is 36.7 Å². The lowest BCUT2D eigenvalue weighted by atomic mass is 9.85. The molecule has 27 heavy (non-hydrogen) atoms. The first-order chi connectivity index (χ1) is 12.9. The van der Waals surface area contributed by atoms with Crippen LogP contribution in [0.4, 0.5) is 13.2 Å². The molecule has 3 aromatic heterocycles. The molecule has 0 unspecified atom stereocenters. The summed E-state index contributed by atoms with van der Waals surface area (Å²) in [7, 11) is 0. The van der Waals surface area contributed by atoms with Crippen LogP contribution in [0.5, 0.6) is 0 Å². The molecule has 0 atom stereocenters. The third kappa shape index (κ3) is 3.51. The van der Waals surface area contributed by atoms with Crippen LogP contribution < -0.4 is 5.32 Å². The molecule has 1 aliphatic rings. The zero-order valence-electron chi connectivity index (χ0n) is 14.2. The fourth-order valence-corrected chi connectivity index (χ4v) is 3.45. The summed E-state index contributed by atoms with van der Waals surface area (Å²) in [6.07, 6.45) is 2.92. The number of aromatic nitrogens is 5. The number of nitrogens with one attached hydrogen (secondary N) is 2. The van der Waals surface area contributed by atoms with Crippen LogP contribution in [0.15, 0.2) is 31.0 Å². The number of hydrogen-bond donors (Lipinski definition) is 2. The summed E-state index contributed by atoms with van der Waals surface area (Å²) < 4.78 is 40.1. The van der Waals surface area contributed by atoms with E-state index in [9.17, 15) is 18.0 Å². The van der Waals surface area contributed by atoms with Gasteiger partial charge < -0.3 is 5.32 Å². The number of fused-ring (bicyclic) bond motifs is 1. The number of alkyl halides is 3. The molecule has 1 saturated carbocycles. The Morgan fingerprint density at radius 1 is 1.26 bits per heavy atom. The fourth-order valence-electron chi connectivity index (χ4n) is 3.45. The summed E-state index contributed by atoms with van der Waals surface area (Å²) in [6.45, 7) is 0. The Balaban J connectivity index is 1.54. The number of imidazole rings is 1. The van der Waals surface area contributed by atoms with Crippen molar-refractivity contribution in [2.45, 2.75) is 37.9 Å². The van der Waals surface area contributed by atoms with Crippen LogP contribution in [0.1, 0.15) is 36.2 Å². The highest BCUT2D eigenvalue weighted by Crippen LogP contribution is 2.37. The van der Waals surface area contributed by atoms with Gasteiger partial charge in [-0.1, -0.05) is 0 Å². The lowest BCUT2D eigenvalue weighted by Crippen LogP contribution is -2.40. The topological polar surface area (TPSA) is 88.5 Å². The highest BCUT2D eigenvalue weighted by molar-refractivity contribution is 6.04. The Kier molecular flexibility index (Phi) is 4.33. The van der Waals surface area contributed by atoms with E-state index < -0.39 is 18.0 Å². The number of hydrogen-bond acceptors (Lipinski definition) is 4. The van der Waals surface area contributed by atoms with Gasteiger partial charge >= 0.3 is 6.18 Å². The van der Waals surface area contributed by atoms with Crippen molar-refractivity contribution < 1.29 is 18.0 Å². The van der Waals surface area contributed by atoms with Gasteiger partial charge in [-0.2, -0.15) is 18.3 Å². The van der Waals surface area contributed by atoms with Gasteiger partial charge in [0.05, 0.1) is 17.6 Å². The molecule has 1 aliphatic carbocycles. The summed E-state index contributed by atoms with van der Waals surface area (Å²) in [5.74, 6) is -1.21. The van der Waals surface area contributed by atoms with E-state index in [2.05, 4.69) is 25.5 Å². The van der Waals surface area contributed by atoms with E-state index >= 15 is 0 Å². The molecule has 0 aliphatic heterocycles. The normalized spacial score (nSPS) is 20.7. The molecular weight excluding hydrogens is 361 g/mol. The minimum atomic E-state index is -4.17. The smallest absolute Gasteiger partial charge is 0.348 e. The average molecular weight is 378 g/mol. The van der Waals surface area contributed by atoms with Gasteiger partial charge in [0.1, 0.15) is 12.1 Å². The van der Waals surface area contributed by atoms with Crippen molar-refractivity contribution in [3.8, 4) is 5.82 Å². The third-order valence-electron chi connectivity index (χ3n) is 4.93. The first kappa shape index (κ1) is 17.5. The maximum absolute atomic E-state index is 12.8. The molecule has 10 heteroatoms. The Hall–Kier alpha value is -2.91. The molecule has 0 bridgehead atoms. The Morgan fingerprint density at radius 3 is 2.70 bits per heavy atom. The summed E-state index contributed by atoms with van der Waals surface area (Å²) in [4.78, 5) is 21.1. The SMILES string of the molecule is O=C(N[C@H]1CC[C@H](C(F)(F)F)CC1)c1nc(-n2ccnc2)cc2cn[nH]c12. The van der Waals surface area contributed by atoms with Gasteiger partial charge in [-0.15, -0.1) is 0 Å². The Morgan fingerprint density at radius 2 is 2.04 bits per heavy atom. The number of rotatable bonds is 3. The standard InChI is InChI=1S/C17H17F3N6O/c18-17(19,20)11-1-3-12(4-2-11)23-16(27)15-14-10(8-22-25-14)7-13(24-15)26-6-5-21-9-26/h5-9,11-12H,1-4H2,(H,22,25)(H,23,27)/t11-,12-. The van der Waals surface area contributed by atoms with Crippen LogP contribution in [-0.2, 0) is 0 Å². The number of H-pyrrole nitrogens is 1. The van der Waals surface area contributed by atoms with Crippen LogP contribution in [0.25, 0.3) is 16.7 Å². The maximum atomic E-state index is 12.8. The number of halogens is 3. The van der Waals surface area contributed by atoms with E-state index in [4.69, 9.17) is 0 Å². The van der Waals surface area contributed by atoms with Gasteiger partial charge in [-0.05, 0) is 31.7 Å². The number of nitrogens with zero attached hydrogens (tertiary/aromatic N) is 4. The molecule has 0 aromatic carbocycles. The second kappa shape index (κ2) is 6.67. The summed E-state index contributed by atoms with van der Waals surface area (Å²) in [5.41, 5.74) is 0.645. The largest absolute Gasteiger partial charge is 0.391 e. The fraction of sp³-hybridized carbons (Fsp3) is 0.412. The van der Waals surface area contributed by atoms with Crippen molar-refractivity contribution >= 4 is 16.8 Å². The van der Waals surface area contributed by atoms with Crippen molar-refractivity contribution in [1.29, 1.82) is 0 Å². The quantitative estimate of drug-likeness (QED) is 0.733. The molecule has 0 saturated heterocycles. The van der Waals surface area contributed by atoms with E-state index in [1.54, 1.807) is 35.6 Å². The van der Waals surface area contributed by atoms with Crippen molar-refractivity contribution in [3.63, 3.8) is 0 Å². The van der Waals surface area contributed by atoms with Gasteiger partial charge in [-0.25, -0.2) is 9.97 Å². The molecule has 7 nitrogen and oxygen atoms in total. The zero-order valence-corrected chi connectivity index (χ0v) is 14.2. The maximum Gasteiger partial charge on any atom is 0.391 e. The second-order valence-electron chi connectivity index (χ2n) is 6.70. The molecule has 3 heterocycles. The highest BCUT2D eigenvalue weighted by atomic mass is 19.4. The molecule has 3 aromatic rings. The number of amides is 1. The van der Waals surface area contributed by atoms with Crippen LogP contribution in [0.3, 0.4) is 0 Å². The minimum Gasteiger partial charge on any atom is -0.348 e. The third-order valence-corrected chi connectivity index (χ3v) is 4.93. The lowest BCUT2D eigenvalue weighted by Gasteiger charge is -2.30. The first-order valence-corrected chi connectivity index (χ1v) is 8.62. The molecule has 1 amide bonds. The first-order valence-electron chi connectivity index (χ1n) is 8.62. The highest BCUT2D eigenvalue weighted by Gasteiger charge is 2.41. The van der Waals surface area contributed by atoms with Crippen LogP contribution in [0, 0.1) is 5.92 Å². The van der Waals surface area contributed by atoms with E-state index in [0.717, 1.165) is 0 Å². The van der Waals surface area contributed by atoms with Gasteiger partial charge in [0, 0.05) is 23.8 Å². The van der Waals surface area contributed by atoms with Crippen molar-refractivity contribution in [2.24, 2.45) is 5.92 Å². The lowest BCUT2D eigenvalue weighted by molar-refractivity contribution is -0.182. The molecule has 1 fully saturated rings. The van der Waals surface area contributed by atoms with Crippen LogP contribution in [0.2, 0.25) is 0 Å². The van der Waals surface area contributed by atoms with E-state index in [1.807, 2.05) is 0 Å². The van der Waals surface area contributed by atoms with Gasteiger partial charge in [-0.3, -0.25) is 14.5 Å². The van der Waals surface area contributed by atoms with Crippen molar-refractivity contribution in [1.82, 2.24) is 30.0 Å². The number of pyridine rings is 1. The van der Waals surface area contributed by atoms with Crippen LogP contribution >= 0.6 is 0 Å². The number of carbonyl (C=O) groups is 1. The van der Waals surface area contributed by atoms with E-state index in [-0.39, 0.29) is 24.6 Å². The van der Waals surface area contributed by atoms with Gasteiger partial charge in [0.15, 0.2) is 5.69 Å². The zero-order chi connectivity index (χ0) is 19.0. The van der Waals surface area contributed by atoms with E-state index in [1.165, 1.54) is 0 Å². The van der Waals surface area contributed by atoms with Crippen LogP contribution in [-0.4, -0.2) is 42.9 Å². The molecule has 2 N–H and O–H groups in total. The predicted octanol–water partition coefficient (Wildman–Crippen LogP) is 2.99. The number of carbonyl (C=O) groups excluding carboxylic acids is 1. The van der Waals surface area contributed by atoms with Gasteiger partial charge in [0.2, 0.25) is 0 Å². The van der Waals surface area contributed by atoms with Gasteiger partial charge in [0.25, 0.3) is 5.91 Å². The molecule has 4 rings (SSSR count). The van der Waals surface area contributed by atoms with E-state index in [0.29, 0.717) is 29.6 Å². The monoisotopic (exact) mass is 378 g/mol. The van der Waals surface area contributed by atoms with Crippen molar-refractivity contribution in [2.75, 3.05) is 0 Å². The molecular formula is C17H17F3N6O. The molecule has 0 spiro atoms. The summed E-state index contributed by atoms with van der Waals surface area (Å²) >= 11 is 0. The average Bonchev–Trinajstić information content (AvgIpc) is 3.32. The molecule has 0 radical (unpaired) electrons.